The van der Waals surface area contributed by atoms with Gasteiger partial charge < -0.3 is 54.2 Å². The Kier molecular flexibility index (Phi) is 9.54. The quantitative estimate of drug-likeness (QED) is 0.186. The number of fused-ring (bicyclic) bond motifs is 1. The summed E-state index contributed by atoms with van der Waals surface area (Å²) in [4.78, 5) is 24.1. The second-order valence-corrected chi connectivity index (χ2v) is 10.0. The van der Waals surface area contributed by atoms with Crippen LogP contribution in [0.4, 0.5) is 0 Å². The Balaban J connectivity index is 1.80. The number of hydrogen-bond donors (Lipinski definition) is 6. The smallest absolute Gasteiger partial charge is 0.306 e. The van der Waals surface area contributed by atoms with Gasteiger partial charge in [-0.3, -0.25) is 9.59 Å². The number of nitrogens with one attached hydrogen (secondary N) is 1. The molecule has 2 fully saturated rings. The first-order valence-electron chi connectivity index (χ1n) is 13.3. The van der Waals surface area contributed by atoms with Gasteiger partial charge in [-0.2, -0.15) is 0 Å². The van der Waals surface area contributed by atoms with Crippen molar-refractivity contribution in [2.24, 2.45) is 0 Å². The van der Waals surface area contributed by atoms with Crippen molar-refractivity contribution in [3.05, 3.63) is 23.5 Å². The van der Waals surface area contributed by atoms with E-state index >= 15 is 0 Å². The van der Waals surface area contributed by atoms with E-state index < -0.39 is 42.8 Å². The number of carbonyl (C=O) groups is 2. The van der Waals surface area contributed by atoms with Gasteiger partial charge in [-0.1, -0.05) is 0 Å². The molecule has 222 valence electrons. The van der Waals surface area contributed by atoms with Gasteiger partial charge in [0.15, 0.2) is 16.9 Å². The number of amides is 1. The third kappa shape index (κ3) is 5.76. The first kappa shape index (κ1) is 30.0. The molecule has 4 rings (SSSR count). The zero-order chi connectivity index (χ0) is 29.0. The summed E-state index contributed by atoms with van der Waals surface area (Å²) in [5.41, 5.74) is -0.661. The van der Waals surface area contributed by atoms with E-state index in [1.165, 1.54) is 13.4 Å². The average Bonchev–Trinajstić information content (AvgIpc) is 3.56. The number of aryl methyl sites for hydroxylation is 1. The highest BCUT2D eigenvalue weighted by molar-refractivity contribution is 5.92. The fraction of sp³-hybridized carbons (Fsp3) is 0.630. The molecule has 13 nitrogen and oxygen atoms in total. The fourth-order valence-corrected chi connectivity index (χ4v) is 5.32. The largest absolute Gasteiger partial charge is 0.490 e. The molecule has 0 unspecified atom stereocenters. The maximum absolute atomic E-state index is 12.2. The SMILES string of the molecule is CCOC(=O)CCc1cc2c([C@H]3CNC(=O)C3)coc2c(OC)c1O[C@H]1O[C@H](CO)[C@@H](O)[C@H](O)[C@]1(O)CCCO. The third-order valence-electron chi connectivity index (χ3n) is 7.47. The van der Waals surface area contributed by atoms with E-state index in [4.69, 9.17) is 23.4 Å². The summed E-state index contributed by atoms with van der Waals surface area (Å²) in [7, 11) is 1.38. The highest BCUT2D eigenvalue weighted by atomic mass is 16.7. The van der Waals surface area contributed by atoms with Gasteiger partial charge in [0.05, 0.1) is 26.6 Å². The number of hydrogen-bond acceptors (Lipinski definition) is 12. The molecule has 0 saturated carbocycles. The van der Waals surface area contributed by atoms with E-state index in [2.05, 4.69) is 5.32 Å². The molecule has 2 aliphatic heterocycles. The molecule has 6 N–H and O–H groups in total. The van der Waals surface area contributed by atoms with Crippen LogP contribution in [0.5, 0.6) is 11.5 Å². The first-order valence-corrected chi connectivity index (χ1v) is 13.3. The Bertz CT molecular complexity index is 1200. The van der Waals surface area contributed by atoms with Crippen molar-refractivity contribution in [3.8, 4) is 11.5 Å². The highest BCUT2D eigenvalue weighted by Gasteiger charge is 2.56. The molecule has 6 atom stereocenters. The Morgan fingerprint density at radius 1 is 1.25 bits per heavy atom. The molecule has 0 radical (unpaired) electrons. The summed E-state index contributed by atoms with van der Waals surface area (Å²) in [5, 5.41) is 55.3. The summed E-state index contributed by atoms with van der Waals surface area (Å²) in [6.07, 6.45) is -4.54. The molecule has 1 amide bonds. The topological polar surface area (TPSA) is 197 Å². The molecule has 0 spiro atoms. The number of aliphatic hydroxyl groups excluding tert-OH is 4. The summed E-state index contributed by atoms with van der Waals surface area (Å²) in [6.45, 7) is 1.35. The Labute approximate surface area is 230 Å². The second-order valence-electron chi connectivity index (χ2n) is 10.0. The van der Waals surface area contributed by atoms with Crippen LogP contribution in [0.25, 0.3) is 11.0 Å². The lowest BCUT2D eigenvalue weighted by atomic mass is 9.83. The van der Waals surface area contributed by atoms with E-state index in [9.17, 15) is 35.1 Å². The number of esters is 1. The van der Waals surface area contributed by atoms with Gasteiger partial charge in [-0.25, -0.2) is 0 Å². The number of rotatable bonds is 12. The van der Waals surface area contributed by atoms with Crippen molar-refractivity contribution in [1.29, 1.82) is 0 Å². The molecule has 3 heterocycles. The molecular formula is C27H37NO12. The monoisotopic (exact) mass is 567 g/mol. The number of aliphatic hydroxyl groups is 5. The van der Waals surface area contributed by atoms with Gasteiger partial charge in [0.25, 0.3) is 0 Å². The summed E-state index contributed by atoms with van der Waals surface area (Å²) < 4.78 is 28.5. The number of ether oxygens (including phenoxy) is 4. The van der Waals surface area contributed by atoms with Crippen LogP contribution in [-0.4, -0.2) is 101 Å². The summed E-state index contributed by atoms with van der Waals surface area (Å²) >= 11 is 0. The van der Waals surface area contributed by atoms with Crippen LogP contribution in [0.1, 0.15) is 49.7 Å². The lowest BCUT2D eigenvalue weighted by Gasteiger charge is -2.47. The van der Waals surface area contributed by atoms with Crippen molar-refractivity contribution >= 4 is 22.8 Å². The van der Waals surface area contributed by atoms with Crippen LogP contribution in [0.3, 0.4) is 0 Å². The second kappa shape index (κ2) is 12.7. The number of carbonyl (C=O) groups excluding carboxylic acids is 2. The Morgan fingerprint density at radius 3 is 2.65 bits per heavy atom. The zero-order valence-electron chi connectivity index (χ0n) is 22.5. The van der Waals surface area contributed by atoms with Crippen molar-refractivity contribution < 1.29 is 58.5 Å². The maximum atomic E-state index is 12.2. The maximum Gasteiger partial charge on any atom is 0.306 e. The van der Waals surface area contributed by atoms with Crippen LogP contribution < -0.4 is 14.8 Å². The number of furan rings is 1. The minimum Gasteiger partial charge on any atom is -0.490 e. The lowest BCUT2D eigenvalue weighted by Crippen LogP contribution is -2.68. The van der Waals surface area contributed by atoms with E-state index in [0.29, 0.717) is 23.1 Å². The minimum absolute atomic E-state index is 0.0174. The molecule has 0 aliphatic carbocycles. The van der Waals surface area contributed by atoms with Gasteiger partial charge in [-0.05, 0) is 37.8 Å². The minimum atomic E-state index is -2.18. The van der Waals surface area contributed by atoms with Gasteiger partial charge in [0.1, 0.15) is 18.3 Å². The predicted molar refractivity (Wildman–Crippen MR) is 138 cm³/mol. The Morgan fingerprint density at radius 2 is 2.02 bits per heavy atom. The van der Waals surface area contributed by atoms with Crippen LogP contribution in [0, 0.1) is 0 Å². The van der Waals surface area contributed by atoms with Crippen LogP contribution in [0.2, 0.25) is 0 Å². The molecule has 13 heteroatoms. The van der Waals surface area contributed by atoms with Crippen LogP contribution >= 0.6 is 0 Å². The molecular weight excluding hydrogens is 530 g/mol. The third-order valence-corrected chi connectivity index (χ3v) is 7.47. The summed E-state index contributed by atoms with van der Waals surface area (Å²) in [6, 6.07) is 1.75. The lowest BCUT2D eigenvalue weighted by molar-refractivity contribution is -0.322. The molecule has 1 aromatic carbocycles. The van der Waals surface area contributed by atoms with Gasteiger partial charge in [-0.15, -0.1) is 0 Å². The van der Waals surface area contributed by atoms with Crippen molar-refractivity contribution in [2.75, 3.05) is 33.5 Å². The van der Waals surface area contributed by atoms with Crippen molar-refractivity contribution in [1.82, 2.24) is 5.32 Å². The predicted octanol–water partition coefficient (Wildman–Crippen LogP) is -0.138. The zero-order valence-corrected chi connectivity index (χ0v) is 22.5. The molecule has 1 aromatic heterocycles. The first-order chi connectivity index (χ1) is 19.2. The van der Waals surface area contributed by atoms with E-state index in [0.717, 1.165) is 5.56 Å². The highest BCUT2D eigenvalue weighted by Crippen LogP contribution is 2.46. The number of methoxy groups -OCH3 is 1. The van der Waals surface area contributed by atoms with Gasteiger partial charge in [0, 0.05) is 42.9 Å². The summed E-state index contributed by atoms with van der Waals surface area (Å²) in [5.74, 6) is -0.500. The van der Waals surface area contributed by atoms with Crippen LogP contribution in [-0.2, 0) is 25.5 Å². The molecule has 2 aliphatic rings. The van der Waals surface area contributed by atoms with Crippen molar-refractivity contribution in [3.63, 3.8) is 0 Å². The molecule has 40 heavy (non-hydrogen) atoms. The standard InChI is InChI=1S/C27H37NO12/c1-3-37-20(32)6-5-14-9-16-17(15-10-19(31)28-11-15)13-38-23(16)24(36-2)22(14)40-26-27(35,7-4-8-29)25(34)21(33)18(12-30)39-26/h9,13,15,18,21,25-26,29-30,33-35H,3-8,10-12H2,1-2H3,(H,28,31)/t15-,18-,21-,25+,26-,27-/m1/s1. The molecule has 2 saturated heterocycles. The fourth-order valence-electron chi connectivity index (χ4n) is 5.32. The van der Waals surface area contributed by atoms with Crippen LogP contribution in [0.15, 0.2) is 16.7 Å². The number of benzene rings is 1. The van der Waals surface area contributed by atoms with Crippen molar-refractivity contribution in [2.45, 2.75) is 75.1 Å². The molecule has 0 bridgehead atoms. The average molecular weight is 568 g/mol. The molecule has 2 aromatic rings. The van der Waals surface area contributed by atoms with Gasteiger partial charge >= 0.3 is 5.97 Å². The Hall–Kier alpha value is -2.94. The van der Waals surface area contributed by atoms with E-state index in [1.54, 1.807) is 13.0 Å². The van der Waals surface area contributed by atoms with E-state index in [-0.39, 0.29) is 68.6 Å². The van der Waals surface area contributed by atoms with E-state index in [1.807, 2.05) is 0 Å². The van der Waals surface area contributed by atoms with Gasteiger partial charge in [0.2, 0.25) is 17.9 Å². The normalized spacial score (nSPS) is 28.5.